The van der Waals surface area contributed by atoms with Crippen molar-refractivity contribution < 1.29 is 14.6 Å². The molecule has 78 valence electrons. The predicted molar refractivity (Wildman–Crippen MR) is 50.5 cm³/mol. The number of rotatable bonds is 5. The molecule has 0 aromatic carbocycles. The molecule has 1 aliphatic rings. The first-order valence-electron chi connectivity index (χ1n) is 5.09. The van der Waals surface area contributed by atoms with Gasteiger partial charge in [0.15, 0.2) is 6.29 Å². The van der Waals surface area contributed by atoms with Crippen LogP contribution < -0.4 is 0 Å². The van der Waals surface area contributed by atoms with Crippen LogP contribution in [0, 0.1) is 0 Å². The Hall–Kier alpha value is -0.120. The standard InChI is InChI=1S/C10H20O3/c1-3-10(2,11)6-4-5-9-12-7-8-13-9/h9,11H,3-8H2,1-2H3. The lowest BCUT2D eigenvalue weighted by Gasteiger charge is -2.21. The monoisotopic (exact) mass is 188 g/mol. The third-order valence-electron chi connectivity index (χ3n) is 2.61. The van der Waals surface area contributed by atoms with Crippen LogP contribution >= 0.6 is 0 Å². The fourth-order valence-electron chi connectivity index (χ4n) is 1.40. The second kappa shape index (κ2) is 4.94. The molecule has 0 aromatic rings. The molecular weight excluding hydrogens is 168 g/mol. The van der Waals surface area contributed by atoms with Gasteiger partial charge in [-0.1, -0.05) is 6.92 Å². The van der Waals surface area contributed by atoms with E-state index in [4.69, 9.17) is 9.47 Å². The zero-order chi connectivity index (χ0) is 9.73. The van der Waals surface area contributed by atoms with Crippen LogP contribution in [0.25, 0.3) is 0 Å². The minimum Gasteiger partial charge on any atom is -0.390 e. The summed E-state index contributed by atoms with van der Waals surface area (Å²) in [6.45, 7) is 5.32. The average molecular weight is 188 g/mol. The Bertz CT molecular complexity index is 139. The molecule has 0 aliphatic carbocycles. The Kier molecular flexibility index (Phi) is 4.16. The summed E-state index contributed by atoms with van der Waals surface area (Å²) in [5.74, 6) is 0. The molecule has 1 heterocycles. The Balaban J connectivity index is 2.06. The van der Waals surface area contributed by atoms with E-state index in [1.807, 2.05) is 13.8 Å². The van der Waals surface area contributed by atoms with Crippen molar-refractivity contribution >= 4 is 0 Å². The first kappa shape index (κ1) is 11.0. The van der Waals surface area contributed by atoms with Crippen molar-refractivity contribution in [2.45, 2.75) is 51.4 Å². The fraction of sp³-hybridized carbons (Fsp3) is 1.00. The topological polar surface area (TPSA) is 38.7 Å². The van der Waals surface area contributed by atoms with E-state index in [0.717, 1.165) is 38.9 Å². The zero-order valence-electron chi connectivity index (χ0n) is 8.58. The largest absolute Gasteiger partial charge is 0.390 e. The summed E-state index contributed by atoms with van der Waals surface area (Å²) in [4.78, 5) is 0. The number of aliphatic hydroxyl groups is 1. The predicted octanol–water partition coefficient (Wildman–Crippen LogP) is 1.69. The van der Waals surface area contributed by atoms with Gasteiger partial charge in [-0.2, -0.15) is 0 Å². The van der Waals surface area contributed by atoms with E-state index in [-0.39, 0.29) is 6.29 Å². The van der Waals surface area contributed by atoms with Crippen molar-refractivity contribution in [3.63, 3.8) is 0 Å². The highest BCUT2D eigenvalue weighted by atomic mass is 16.7. The van der Waals surface area contributed by atoms with E-state index in [2.05, 4.69) is 0 Å². The van der Waals surface area contributed by atoms with E-state index in [0.29, 0.717) is 0 Å². The molecule has 0 saturated carbocycles. The second-order valence-electron chi connectivity index (χ2n) is 3.91. The maximum Gasteiger partial charge on any atom is 0.157 e. The second-order valence-corrected chi connectivity index (χ2v) is 3.91. The third-order valence-corrected chi connectivity index (χ3v) is 2.61. The lowest BCUT2D eigenvalue weighted by atomic mass is 9.96. The maximum absolute atomic E-state index is 9.72. The van der Waals surface area contributed by atoms with Gasteiger partial charge in [0.25, 0.3) is 0 Å². The molecule has 1 saturated heterocycles. The van der Waals surface area contributed by atoms with Crippen LogP contribution in [0.2, 0.25) is 0 Å². The van der Waals surface area contributed by atoms with Crippen molar-refractivity contribution in [3.05, 3.63) is 0 Å². The van der Waals surface area contributed by atoms with Gasteiger partial charge in [-0.25, -0.2) is 0 Å². The van der Waals surface area contributed by atoms with Gasteiger partial charge in [-0.05, 0) is 32.6 Å². The number of ether oxygens (including phenoxy) is 2. The summed E-state index contributed by atoms with van der Waals surface area (Å²) in [5, 5.41) is 9.72. The van der Waals surface area contributed by atoms with Crippen molar-refractivity contribution in [2.75, 3.05) is 13.2 Å². The Morgan fingerprint density at radius 1 is 1.38 bits per heavy atom. The lowest BCUT2D eigenvalue weighted by molar-refractivity contribution is -0.0524. The van der Waals surface area contributed by atoms with Crippen molar-refractivity contribution in [1.29, 1.82) is 0 Å². The molecule has 0 amide bonds. The Morgan fingerprint density at radius 3 is 2.54 bits per heavy atom. The molecular formula is C10H20O3. The molecule has 1 atom stereocenters. The molecule has 13 heavy (non-hydrogen) atoms. The maximum atomic E-state index is 9.72. The van der Waals surface area contributed by atoms with Gasteiger partial charge in [0, 0.05) is 0 Å². The van der Waals surface area contributed by atoms with E-state index in [9.17, 15) is 5.11 Å². The van der Waals surface area contributed by atoms with Crippen LogP contribution in [-0.4, -0.2) is 30.2 Å². The van der Waals surface area contributed by atoms with Gasteiger partial charge in [0.05, 0.1) is 18.8 Å². The van der Waals surface area contributed by atoms with Crippen molar-refractivity contribution in [2.24, 2.45) is 0 Å². The molecule has 0 aromatic heterocycles. The van der Waals surface area contributed by atoms with E-state index >= 15 is 0 Å². The van der Waals surface area contributed by atoms with Gasteiger partial charge >= 0.3 is 0 Å². The third kappa shape index (κ3) is 4.07. The van der Waals surface area contributed by atoms with Gasteiger partial charge in [-0.15, -0.1) is 0 Å². The first-order valence-corrected chi connectivity index (χ1v) is 5.09. The van der Waals surface area contributed by atoms with Crippen LogP contribution in [0.4, 0.5) is 0 Å². The van der Waals surface area contributed by atoms with Gasteiger partial charge < -0.3 is 14.6 Å². The van der Waals surface area contributed by atoms with Crippen LogP contribution in [0.15, 0.2) is 0 Å². The molecule has 3 nitrogen and oxygen atoms in total. The molecule has 1 N–H and O–H groups in total. The molecule has 0 spiro atoms. The summed E-state index contributed by atoms with van der Waals surface area (Å²) < 4.78 is 10.6. The van der Waals surface area contributed by atoms with Crippen molar-refractivity contribution in [1.82, 2.24) is 0 Å². The fourth-order valence-corrected chi connectivity index (χ4v) is 1.40. The SMILES string of the molecule is CCC(C)(O)CCCC1OCCO1. The normalized spacial score (nSPS) is 23.3. The summed E-state index contributed by atoms with van der Waals surface area (Å²) in [5.41, 5.74) is -0.515. The van der Waals surface area contributed by atoms with Crippen LogP contribution in [0.3, 0.4) is 0 Å². The van der Waals surface area contributed by atoms with Crippen LogP contribution in [0.1, 0.15) is 39.5 Å². The Morgan fingerprint density at radius 2 is 2.00 bits per heavy atom. The van der Waals surface area contributed by atoms with Gasteiger partial charge in [-0.3, -0.25) is 0 Å². The first-order chi connectivity index (χ1) is 6.14. The summed E-state index contributed by atoms with van der Waals surface area (Å²) in [6, 6.07) is 0. The van der Waals surface area contributed by atoms with Crippen LogP contribution in [-0.2, 0) is 9.47 Å². The molecule has 1 fully saturated rings. The summed E-state index contributed by atoms with van der Waals surface area (Å²) >= 11 is 0. The smallest absolute Gasteiger partial charge is 0.157 e. The summed E-state index contributed by atoms with van der Waals surface area (Å²) in [6.07, 6.45) is 3.47. The van der Waals surface area contributed by atoms with E-state index in [1.54, 1.807) is 0 Å². The zero-order valence-corrected chi connectivity index (χ0v) is 8.58. The van der Waals surface area contributed by atoms with Gasteiger partial charge in [0.1, 0.15) is 0 Å². The number of hydrogen-bond donors (Lipinski definition) is 1. The van der Waals surface area contributed by atoms with Crippen molar-refractivity contribution in [3.8, 4) is 0 Å². The molecule has 3 heteroatoms. The lowest BCUT2D eigenvalue weighted by Crippen LogP contribution is -2.23. The highest BCUT2D eigenvalue weighted by Crippen LogP contribution is 2.19. The van der Waals surface area contributed by atoms with E-state index in [1.165, 1.54) is 0 Å². The average Bonchev–Trinajstić information content (AvgIpc) is 2.57. The quantitative estimate of drug-likeness (QED) is 0.713. The molecule has 1 rings (SSSR count). The Labute approximate surface area is 80.0 Å². The molecule has 1 unspecified atom stereocenters. The van der Waals surface area contributed by atoms with Crippen LogP contribution in [0.5, 0.6) is 0 Å². The molecule has 1 aliphatic heterocycles. The molecule has 0 radical (unpaired) electrons. The van der Waals surface area contributed by atoms with Gasteiger partial charge in [0.2, 0.25) is 0 Å². The number of hydrogen-bond acceptors (Lipinski definition) is 3. The minimum atomic E-state index is -0.515. The van der Waals surface area contributed by atoms with E-state index < -0.39 is 5.60 Å². The minimum absolute atomic E-state index is 0.0207. The highest BCUT2D eigenvalue weighted by molar-refractivity contribution is 4.70. The highest BCUT2D eigenvalue weighted by Gasteiger charge is 2.20. The summed E-state index contributed by atoms with van der Waals surface area (Å²) in [7, 11) is 0. The molecule has 0 bridgehead atoms.